The fraction of sp³-hybridized carbons (Fsp3) is 0.609. The second kappa shape index (κ2) is 10.4. The minimum absolute atomic E-state index is 0.196. The van der Waals surface area contributed by atoms with Gasteiger partial charge in [-0.1, -0.05) is 0 Å². The first-order valence-electron chi connectivity index (χ1n) is 11.0. The zero-order chi connectivity index (χ0) is 20.9. The van der Waals surface area contributed by atoms with Crippen LogP contribution in [0.5, 0.6) is 0 Å². The molecule has 0 bridgehead atoms. The van der Waals surface area contributed by atoms with Gasteiger partial charge in [-0.25, -0.2) is 8.78 Å². The average Bonchev–Trinajstić information content (AvgIpc) is 3.38. The third-order valence-electron chi connectivity index (χ3n) is 6.89. The number of hydrogen-bond acceptors (Lipinski definition) is 5. The van der Waals surface area contributed by atoms with Gasteiger partial charge in [0.15, 0.2) is 0 Å². The first-order valence-corrected chi connectivity index (χ1v) is 12.9. The number of carbonyl (C=O) groups is 1. The number of piperidine rings is 2. The van der Waals surface area contributed by atoms with E-state index in [4.69, 9.17) is 0 Å². The Hall–Kier alpha value is -1.15. The Balaban J connectivity index is 1.61. The molecule has 0 aliphatic carbocycles. The largest absolute Gasteiger partial charge is 0.317 e. The van der Waals surface area contributed by atoms with Crippen molar-refractivity contribution in [1.29, 1.82) is 0 Å². The molecule has 0 saturated carbocycles. The van der Waals surface area contributed by atoms with E-state index in [0.29, 0.717) is 24.0 Å². The number of halogens is 2. The highest BCUT2D eigenvalue weighted by molar-refractivity contribution is 7.08. The lowest BCUT2D eigenvalue weighted by Crippen LogP contribution is -2.42. The summed E-state index contributed by atoms with van der Waals surface area (Å²) in [5.41, 5.74) is 1.31. The first kappa shape index (κ1) is 22.1. The Kier molecular flexibility index (Phi) is 7.68. The number of nitrogens with one attached hydrogen (secondary N) is 2. The molecule has 3 nitrogen and oxygen atoms in total. The molecular formula is C23H30F2N2OS2. The minimum Gasteiger partial charge on any atom is -0.317 e. The molecule has 0 amide bonds. The van der Waals surface area contributed by atoms with Crippen LogP contribution in [0.1, 0.15) is 36.8 Å². The van der Waals surface area contributed by atoms with Crippen LogP contribution in [0.15, 0.2) is 21.5 Å². The van der Waals surface area contributed by atoms with Gasteiger partial charge in [0, 0.05) is 22.6 Å². The van der Waals surface area contributed by atoms with Gasteiger partial charge >= 0.3 is 0 Å². The third-order valence-corrected chi connectivity index (χ3v) is 8.42. The lowest BCUT2D eigenvalue weighted by molar-refractivity contribution is -0.131. The Labute approximate surface area is 185 Å². The molecule has 7 heteroatoms. The Morgan fingerprint density at radius 1 is 0.800 bits per heavy atom. The third kappa shape index (κ3) is 5.18. The number of rotatable bonds is 8. The highest BCUT2D eigenvalue weighted by atomic mass is 32.1. The monoisotopic (exact) mass is 452 g/mol. The number of hydrogen-bond donors (Lipinski definition) is 2. The Morgan fingerprint density at radius 2 is 1.20 bits per heavy atom. The van der Waals surface area contributed by atoms with E-state index in [2.05, 4.69) is 10.6 Å². The smallest absolute Gasteiger partial charge is 0.140 e. The van der Waals surface area contributed by atoms with Gasteiger partial charge in [-0.15, -0.1) is 22.7 Å². The summed E-state index contributed by atoms with van der Waals surface area (Å²) in [4.78, 5) is 14.0. The van der Waals surface area contributed by atoms with Gasteiger partial charge in [0.05, 0.1) is 0 Å². The fourth-order valence-electron chi connectivity index (χ4n) is 5.15. The van der Waals surface area contributed by atoms with Crippen LogP contribution in [0, 0.1) is 35.3 Å². The maximum absolute atomic E-state index is 14.3. The molecule has 2 aliphatic rings. The number of carbonyl (C=O) groups excluding carboxylic acids is 1. The van der Waals surface area contributed by atoms with Crippen molar-refractivity contribution in [1.82, 2.24) is 10.6 Å². The van der Waals surface area contributed by atoms with Gasteiger partial charge in [0.2, 0.25) is 0 Å². The number of Topliss-reactive ketones (excluding diaryl/α,β-unsaturated/α-hetero) is 1. The predicted octanol–water partition coefficient (Wildman–Crippen LogP) is 4.67. The minimum atomic E-state index is -0.200. The molecule has 2 aliphatic heterocycles. The predicted molar refractivity (Wildman–Crippen MR) is 119 cm³/mol. The van der Waals surface area contributed by atoms with Gasteiger partial charge < -0.3 is 10.6 Å². The molecule has 0 spiro atoms. The SMILES string of the molecule is O=C(C(Cc1cscc1F)C1CCNCC1)C(Cc1cscc1F)C1CCNCC1. The molecule has 2 N–H and O–H groups in total. The molecule has 2 fully saturated rings. The van der Waals surface area contributed by atoms with Crippen LogP contribution >= 0.6 is 22.7 Å². The summed E-state index contributed by atoms with van der Waals surface area (Å²) in [6, 6.07) is 0. The fourth-order valence-corrected chi connectivity index (χ4v) is 6.57. The van der Waals surface area contributed by atoms with Gasteiger partial charge in [-0.3, -0.25) is 4.79 Å². The standard InChI is InChI=1S/C23H30F2N2OS2/c24-21-13-29-11-17(21)9-19(15-1-5-26-6-2-15)23(28)20(16-3-7-27-8-4-16)10-18-12-30-14-22(18)25/h11-16,19-20,26-27H,1-10H2. The summed E-state index contributed by atoms with van der Waals surface area (Å²) in [6.45, 7) is 3.60. The van der Waals surface area contributed by atoms with Crippen LogP contribution in [-0.2, 0) is 17.6 Å². The molecule has 2 aromatic heterocycles. The van der Waals surface area contributed by atoms with E-state index in [1.165, 1.54) is 33.4 Å². The molecule has 2 saturated heterocycles. The molecule has 4 heterocycles. The van der Waals surface area contributed by atoms with E-state index in [9.17, 15) is 13.6 Å². The molecule has 0 aromatic carbocycles. The quantitative estimate of drug-likeness (QED) is 0.611. The zero-order valence-electron chi connectivity index (χ0n) is 17.2. The van der Waals surface area contributed by atoms with Crippen molar-refractivity contribution in [3.8, 4) is 0 Å². The van der Waals surface area contributed by atoms with Crippen molar-refractivity contribution in [2.45, 2.75) is 38.5 Å². The lowest BCUT2D eigenvalue weighted by atomic mass is 9.70. The van der Waals surface area contributed by atoms with Gasteiger partial charge in [0.25, 0.3) is 0 Å². The average molecular weight is 453 g/mol. The van der Waals surface area contributed by atoms with E-state index in [0.717, 1.165) is 51.9 Å². The van der Waals surface area contributed by atoms with Gasteiger partial charge in [-0.05, 0) is 98.4 Å². The van der Waals surface area contributed by atoms with Crippen molar-refractivity contribution in [3.63, 3.8) is 0 Å². The van der Waals surface area contributed by atoms with Crippen molar-refractivity contribution in [3.05, 3.63) is 44.3 Å². The highest BCUT2D eigenvalue weighted by Crippen LogP contribution is 2.36. The van der Waals surface area contributed by atoms with Crippen molar-refractivity contribution >= 4 is 28.5 Å². The van der Waals surface area contributed by atoms with Crippen molar-refractivity contribution in [2.24, 2.45) is 23.7 Å². The second-order valence-corrected chi connectivity index (χ2v) is 10.2. The Bertz CT molecular complexity index is 759. The van der Waals surface area contributed by atoms with Crippen LogP contribution in [-0.4, -0.2) is 32.0 Å². The molecule has 0 radical (unpaired) electrons. The zero-order valence-corrected chi connectivity index (χ0v) is 18.8. The molecular weight excluding hydrogens is 422 g/mol. The van der Waals surface area contributed by atoms with Crippen LogP contribution in [0.25, 0.3) is 0 Å². The molecule has 2 unspecified atom stereocenters. The van der Waals surface area contributed by atoms with Gasteiger partial charge in [0.1, 0.15) is 17.4 Å². The molecule has 30 heavy (non-hydrogen) atoms. The maximum atomic E-state index is 14.3. The first-order chi connectivity index (χ1) is 14.6. The lowest BCUT2D eigenvalue weighted by Gasteiger charge is -2.36. The highest BCUT2D eigenvalue weighted by Gasteiger charge is 2.38. The van der Waals surface area contributed by atoms with Crippen molar-refractivity contribution in [2.75, 3.05) is 26.2 Å². The normalized spacial score (nSPS) is 20.9. The van der Waals surface area contributed by atoms with Gasteiger partial charge in [-0.2, -0.15) is 0 Å². The summed E-state index contributed by atoms with van der Waals surface area (Å²) >= 11 is 2.71. The summed E-state index contributed by atoms with van der Waals surface area (Å²) in [6.07, 6.45) is 4.68. The summed E-state index contributed by atoms with van der Waals surface area (Å²) in [5.74, 6) is -0.0483. The Morgan fingerprint density at radius 3 is 1.53 bits per heavy atom. The molecule has 164 valence electrons. The topological polar surface area (TPSA) is 41.1 Å². The van der Waals surface area contributed by atoms with E-state index in [1.54, 1.807) is 0 Å². The van der Waals surface area contributed by atoms with E-state index >= 15 is 0 Å². The van der Waals surface area contributed by atoms with Crippen LogP contribution in [0.4, 0.5) is 8.78 Å². The number of thiophene rings is 2. The molecule has 2 atom stereocenters. The summed E-state index contributed by atoms with van der Waals surface area (Å²) < 4.78 is 28.6. The van der Waals surface area contributed by atoms with Crippen LogP contribution < -0.4 is 10.6 Å². The summed E-state index contributed by atoms with van der Waals surface area (Å²) in [7, 11) is 0. The van der Waals surface area contributed by atoms with Crippen molar-refractivity contribution < 1.29 is 13.6 Å². The van der Waals surface area contributed by atoms with E-state index in [1.807, 2.05) is 10.8 Å². The molecule has 4 rings (SSSR count). The number of ketones is 1. The second-order valence-electron chi connectivity index (χ2n) is 8.69. The maximum Gasteiger partial charge on any atom is 0.140 e. The van der Waals surface area contributed by atoms with E-state index < -0.39 is 0 Å². The van der Waals surface area contributed by atoms with Crippen LogP contribution in [0.2, 0.25) is 0 Å². The van der Waals surface area contributed by atoms with E-state index in [-0.39, 0.29) is 41.1 Å². The van der Waals surface area contributed by atoms with Crippen LogP contribution in [0.3, 0.4) is 0 Å². The molecule has 2 aromatic rings. The summed E-state index contributed by atoms with van der Waals surface area (Å²) in [5, 5.41) is 13.5.